The molecule has 0 saturated heterocycles. The van der Waals surface area contributed by atoms with E-state index in [4.69, 9.17) is 27.8 Å². The van der Waals surface area contributed by atoms with Gasteiger partial charge in [-0.2, -0.15) is 0 Å². The highest BCUT2D eigenvalue weighted by atomic mass is 35.5. The normalized spacial score (nSPS) is 10.4. The predicted molar refractivity (Wildman–Crippen MR) is 71.3 cm³/mol. The summed E-state index contributed by atoms with van der Waals surface area (Å²) in [4.78, 5) is 8.40. The Kier molecular flexibility index (Phi) is 3.64. The van der Waals surface area contributed by atoms with Crippen LogP contribution in [0, 0.1) is 0 Å². The summed E-state index contributed by atoms with van der Waals surface area (Å²) < 4.78 is 5.08. The molecule has 0 atom stereocenters. The van der Waals surface area contributed by atoms with Gasteiger partial charge in [0.1, 0.15) is 11.6 Å². The van der Waals surface area contributed by atoms with E-state index in [1.165, 1.54) is 0 Å². The van der Waals surface area contributed by atoms with Crippen LogP contribution in [0.15, 0.2) is 24.4 Å². The third-order valence-corrected chi connectivity index (χ3v) is 2.82. The molecule has 0 spiro atoms. The topological polar surface area (TPSA) is 87.0 Å². The minimum absolute atomic E-state index is 0.315. The predicted octanol–water partition coefficient (Wildman–Crippen LogP) is 1.85. The Hall–Kier alpha value is -1.85. The van der Waals surface area contributed by atoms with Gasteiger partial charge < -0.3 is 16.2 Å². The quantitative estimate of drug-likeness (QED) is 0.883. The van der Waals surface area contributed by atoms with E-state index in [1.54, 1.807) is 25.4 Å². The second kappa shape index (κ2) is 5.20. The van der Waals surface area contributed by atoms with Gasteiger partial charge in [0.2, 0.25) is 0 Å². The van der Waals surface area contributed by atoms with Crippen LogP contribution in [0.4, 0.5) is 5.82 Å². The maximum Gasteiger partial charge on any atom is 0.161 e. The maximum absolute atomic E-state index is 6.05. The van der Waals surface area contributed by atoms with Crippen molar-refractivity contribution in [2.75, 3.05) is 12.8 Å². The van der Waals surface area contributed by atoms with Crippen LogP contribution in [0.2, 0.25) is 5.02 Å². The van der Waals surface area contributed by atoms with Gasteiger partial charge in [-0.1, -0.05) is 11.6 Å². The van der Waals surface area contributed by atoms with E-state index in [9.17, 15) is 0 Å². The first-order valence-corrected chi connectivity index (χ1v) is 5.69. The van der Waals surface area contributed by atoms with Crippen molar-refractivity contribution in [3.8, 4) is 17.1 Å². The fraction of sp³-hybridized carbons (Fsp3) is 0.167. The SMILES string of the molecule is COc1ccc(-c2ncc(CN)c(N)n2)cc1Cl. The molecular weight excluding hydrogens is 252 g/mol. The molecule has 1 heterocycles. The Morgan fingerprint density at radius 2 is 2.17 bits per heavy atom. The van der Waals surface area contributed by atoms with Crippen molar-refractivity contribution in [2.24, 2.45) is 5.73 Å². The fourth-order valence-electron chi connectivity index (χ4n) is 1.52. The van der Waals surface area contributed by atoms with Crippen LogP contribution in [-0.2, 0) is 6.54 Å². The molecule has 0 fully saturated rings. The summed E-state index contributed by atoms with van der Waals surface area (Å²) >= 11 is 6.05. The molecule has 4 N–H and O–H groups in total. The Labute approximate surface area is 110 Å². The van der Waals surface area contributed by atoms with E-state index >= 15 is 0 Å². The zero-order valence-electron chi connectivity index (χ0n) is 9.85. The second-order valence-corrected chi connectivity index (χ2v) is 4.06. The molecule has 1 aromatic heterocycles. The van der Waals surface area contributed by atoms with Crippen molar-refractivity contribution in [1.82, 2.24) is 9.97 Å². The number of aromatic nitrogens is 2. The zero-order valence-corrected chi connectivity index (χ0v) is 10.6. The van der Waals surface area contributed by atoms with Crippen LogP contribution in [0.25, 0.3) is 11.4 Å². The van der Waals surface area contributed by atoms with E-state index < -0.39 is 0 Å². The van der Waals surface area contributed by atoms with Gasteiger partial charge in [0.25, 0.3) is 0 Å². The van der Waals surface area contributed by atoms with Crippen molar-refractivity contribution < 1.29 is 4.74 Å². The third kappa shape index (κ3) is 2.37. The van der Waals surface area contributed by atoms with Crippen molar-refractivity contribution >= 4 is 17.4 Å². The third-order valence-electron chi connectivity index (χ3n) is 2.53. The van der Waals surface area contributed by atoms with Crippen LogP contribution < -0.4 is 16.2 Å². The summed E-state index contributed by atoms with van der Waals surface area (Å²) in [5.74, 6) is 1.50. The van der Waals surface area contributed by atoms with Gasteiger partial charge in [-0.3, -0.25) is 0 Å². The largest absolute Gasteiger partial charge is 0.495 e. The molecule has 2 aromatic rings. The monoisotopic (exact) mass is 264 g/mol. The van der Waals surface area contributed by atoms with Crippen LogP contribution in [0.1, 0.15) is 5.56 Å². The standard InChI is InChI=1S/C12H13ClN4O/c1-18-10-3-2-7(4-9(10)13)12-16-6-8(5-14)11(15)17-12/h2-4,6H,5,14H2,1H3,(H2,15,16,17). The molecule has 94 valence electrons. The molecule has 0 amide bonds. The number of ether oxygens (including phenoxy) is 1. The number of rotatable bonds is 3. The van der Waals surface area contributed by atoms with Gasteiger partial charge in [0, 0.05) is 23.9 Å². The van der Waals surface area contributed by atoms with Crippen molar-refractivity contribution in [2.45, 2.75) is 6.54 Å². The molecule has 0 bridgehead atoms. The molecule has 6 heteroatoms. The lowest BCUT2D eigenvalue weighted by Crippen LogP contribution is -2.05. The van der Waals surface area contributed by atoms with Crippen LogP contribution in [0.3, 0.4) is 0 Å². The molecule has 0 saturated carbocycles. The highest BCUT2D eigenvalue weighted by Crippen LogP contribution is 2.29. The Morgan fingerprint density at radius 3 is 2.72 bits per heavy atom. The van der Waals surface area contributed by atoms with Gasteiger partial charge in [-0.25, -0.2) is 9.97 Å². The molecule has 0 aliphatic heterocycles. The summed E-state index contributed by atoms with van der Waals surface area (Å²) in [6, 6.07) is 5.31. The number of anilines is 1. The summed E-state index contributed by atoms with van der Waals surface area (Å²) in [5.41, 5.74) is 12.8. The summed E-state index contributed by atoms with van der Waals surface area (Å²) in [6.45, 7) is 0.315. The van der Waals surface area contributed by atoms with Crippen molar-refractivity contribution in [3.05, 3.63) is 35.0 Å². The lowest BCUT2D eigenvalue weighted by Gasteiger charge is -2.07. The minimum Gasteiger partial charge on any atom is -0.495 e. The highest BCUT2D eigenvalue weighted by Gasteiger charge is 2.08. The van der Waals surface area contributed by atoms with Gasteiger partial charge in [0.15, 0.2) is 5.82 Å². The van der Waals surface area contributed by atoms with Crippen LogP contribution in [-0.4, -0.2) is 17.1 Å². The number of benzene rings is 1. The number of methoxy groups -OCH3 is 1. The number of nitrogen functional groups attached to an aromatic ring is 1. The van der Waals surface area contributed by atoms with E-state index in [1.807, 2.05) is 6.07 Å². The lowest BCUT2D eigenvalue weighted by molar-refractivity contribution is 0.415. The van der Waals surface area contributed by atoms with E-state index in [-0.39, 0.29) is 0 Å². The summed E-state index contributed by atoms with van der Waals surface area (Å²) in [7, 11) is 1.56. The van der Waals surface area contributed by atoms with Crippen molar-refractivity contribution in [3.63, 3.8) is 0 Å². The van der Waals surface area contributed by atoms with Crippen LogP contribution >= 0.6 is 11.6 Å². The van der Waals surface area contributed by atoms with Gasteiger partial charge in [-0.05, 0) is 18.2 Å². The van der Waals surface area contributed by atoms with Gasteiger partial charge in [0.05, 0.1) is 12.1 Å². The molecular formula is C12H13ClN4O. The average molecular weight is 265 g/mol. The first-order valence-electron chi connectivity index (χ1n) is 5.31. The van der Waals surface area contributed by atoms with Gasteiger partial charge in [-0.15, -0.1) is 0 Å². The Bertz CT molecular complexity index is 522. The van der Waals surface area contributed by atoms with Crippen LogP contribution in [0.5, 0.6) is 5.75 Å². The Balaban J connectivity index is 2.42. The number of nitrogens with zero attached hydrogens (tertiary/aromatic N) is 2. The number of halogens is 1. The summed E-state index contributed by atoms with van der Waals surface area (Å²) in [6.07, 6.45) is 1.62. The molecule has 0 aliphatic carbocycles. The fourth-order valence-corrected chi connectivity index (χ4v) is 1.78. The smallest absolute Gasteiger partial charge is 0.161 e. The van der Waals surface area contributed by atoms with E-state index in [0.29, 0.717) is 29.0 Å². The summed E-state index contributed by atoms with van der Waals surface area (Å²) in [5, 5.41) is 0.500. The highest BCUT2D eigenvalue weighted by molar-refractivity contribution is 6.32. The van der Waals surface area contributed by atoms with Crippen molar-refractivity contribution in [1.29, 1.82) is 0 Å². The zero-order chi connectivity index (χ0) is 13.1. The molecule has 5 nitrogen and oxygen atoms in total. The maximum atomic E-state index is 6.05. The van der Waals surface area contributed by atoms with E-state index in [0.717, 1.165) is 11.1 Å². The number of hydrogen-bond donors (Lipinski definition) is 2. The molecule has 0 unspecified atom stereocenters. The molecule has 2 rings (SSSR count). The number of hydrogen-bond acceptors (Lipinski definition) is 5. The Morgan fingerprint density at radius 1 is 1.39 bits per heavy atom. The first-order chi connectivity index (χ1) is 8.65. The minimum atomic E-state index is 0.315. The molecule has 18 heavy (non-hydrogen) atoms. The molecule has 1 aromatic carbocycles. The molecule has 0 aliphatic rings. The van der Waals surface area contributed by atoms with Gasteiger partial charge >= 0.3 is 0 Å². The average Bonchev–Trinajstić information content (AvgIpc) is 2.38. The second-order valence-electron chi connectivity index (χ2n) is 3.66. The van der Waals surface area contributed by atoms with E-state index in [2.05, 4.69) is 9.97 Å². The first kappa shape index (κ1) is 12.6. The molecule has 0 radical (unpaired) electrons. The number of nitrogens with two attached hydrogens (primary N) is 2. The lowest BCUT2D eigenvalue weighted by atomic mass is 10.2.